The maximum atomic E-state index is 3.45. The molecule has 0 aromatic heterocycles. The highest BCUT2D eigenvalue weighted by atomic mass is 14.9. The van der Waals surface area contributed by atoms with Crippen LogP contribution in [0.2, 0.25) is 0 Å². The van der Waals surface area contributed by atoms with Gasteiger partial charge in [0.2, 0.25) is 0 Å². The summed E-state index contributed by atoms with van der Waals surface area (Å²) in [5, 5.41) is 6.85. The van der Waals surface area contributed by atoms with Gasteiger partial charge in [0.1, 0.15) is 0 Å². The summed E-state index contributed by atoms with van der Waals surface area (Å²) in [5.74, 6) is 0.776. The summed E-state index contributed by atoms with van der Waals surface area (Å²) in [6.07, 6.45) is 3.83. The first-order valence-electron chi connectivity index (χ1n) is 5.68. The van der Waals surface area contributed by atoms with E-state index in [2.05, 4.69) is 31.4 Å². The Hall–Kier alpha value is -0.0800. The number of hydrogen-bond acceptors (Lipinski definition) is 2. The normalized spacial score (nSPS) is 11.1. The zero-order chi connectivity index (χ0) is 9.94. The number of unbranched alkanes of at least 4 members (excludes halogenated alkanes) is 1. The third-order valence-electron chi connectivity index (χ3n) is 1.94. The van der Waals surface area contributed by atoms with Crippen LogP contribution in [-0.2, 0) is 0 Å². The topological polar surface area (TPSA) is 24.1 Å². The Morgan fingerprint density at radius 3 is 2.08 bits per heavy atom. The van der Waals surface area contributed by atoms with Gasteiger partial charge in [0.25, 0.3) is 0 Å². The van der Waals surface area contributed by atoms with Crippen molar-refractivity contribution in [3.8, 4) is 0 Å². The van der Waals surface area contributed by atoms with E-state index in [-0.39, 0.29) is 0 Å². The van der Waals surface area contributed by atoms with Crippen LogP contribution in [0.3, 0.4) is 0 Å². The minimum Gasteiger partial charge on any atom is -0.317 e. The minimum absolute atomic E-state index is 0.776. The average Bonchev–Trinajstić information content (AvgIpc) is 2.09. The van der Waals surface area contributed by atoms with Crippen molar-refractivity contribution in [2.45, 2.75) is 40.0 Å². The molecule has 0 aromatic carbocycles. The van der Waals surface area contributed by atoms with Gasteiger partial charge in [-0.05, 0) is 51.4 Å². The predicted octanol–water partition coefficient (Wildman–Crippen LogP) is 2.01. The van der Waals surface area contributed by atoms with Crippen molar-refractivity contribution in [1.82, 2.24) is 10.6 Å². The van der Waals surface area contributed by atoms with Crippen LogP contribution >= 0.6 is 0 Å². The van der Waals surface area contributed by atoms with E-state index in [1.165, 1.54) is 38.9 Å². The summed E-state index contributed by atoms with van der Waals surface area (Å²) < 4.78 is 0. The van der Waals surface area contributed by atoms with Crippen molar-refractivity contribution in [2.24, 2.45) is 5.92 Å². The van der Waals surface area contributed by atoms with Crippen LogP contribution in [0.25, 0.3) is 0 Å². The summed E-state index contributed by atoms with van der Waals surface area (Å²) in [6, 6.07) is 0. The lowest BCUT2D eigenvalue weighted by atomic mass is 10.2. The highest BCUT2D eigenvalue weighted by Gasteiger charge is 1.92. The lowest BCUT2D eigenvalue weighted by molar-refractivity contribution is 0.526. The Labute approximate surface area is 83.5 Å². The quantitative estimate of drug-likeness (QED) is 0.538. The van der Waals surface area contributed by atoms with Gasteiger partial charge in [-0.15, -0.1) is 0 Å². The SMILES string of the molecule is CCCNCCCCNCC(C)C. The molecule has 0 unspecified atom stereocenters. The van der Waals surface area contributed by atoms with Gasteiger partial charge in [-0.2, -0.15) is 0 Å². The fourth-order valence-electron chi connectivity index (χ4n) is 1.19. The molecule has 2 nitrogen and oxygen atoms in total. The fourth-order valence-corrected chi connectivity index (χ4v) is 1.19. The van der Waals surface area contributed by atoms with Gasteiger partial charge in [0, 0.05) is 0 Å². The molecular weight excluding hydrogens is 160 g/mol. The minimum atomic E-state index is 0.776. The monoisotopic (exact) mass is 186 g/mol. The number of hydrogen-bond donors (Lipinski definition) is 2. The second kappa shape index (κ2) is 10.0. The largest absolute Gasteiger partial charge is 0.317 e. The third kappa shape index (κ3) is 11.9. The Morgan fingerprint density at radius 2 is 1.54 bits per heavy atom. The van der Waals surface area contributed by atoms with Crippen LogP contribution < -0.4 is 10.6 Å². The van der Waals surface area contributed by atoms with E-state index >= 15 is 0 Å². The predicted molar refractivity (Wildman–Crippen MR) is 60.1 cm³/mol. The van der Waals surface area contributed by atoms with Gasteiger partial charge in [0.15, 0.2) is 0 Å². The summed E-state index contributed by atoms with van der Waals surface area (Å²) in [6.45, 7) is 11.4. The molecular formula is C11H26N2. The van der Waals surface area contributed by atoms with Crippen molar-refractivity contribution in [3.63, 3.8) is 0 Å². The van der Waals surface area contributed by atoms with Crippen molar-refractivity contribution < 1.29 is 0 Å². The molecule has 0 rings (SSSR count). The molecule has 80 valence electrons. The Balaban J connectivity index is 2.84. The van der Waals surface area contributed by atoms with E-state index in [9.17, 15) is 0 Å². The molecule has 0 heterocycles. The van der Waals surface area contributed by atoms with Crippen LogP contribution in [0, 0.1) is 5.92 Å². The first-order chi connectivity index (χ1) is 6.27. The fraction of sp³-hybridized carbons (Fsp3) is 1.00. The summed E-state index contributed by atoms with van der Waals surface area (Å²) in [4.78, 5) is 0. The summed E-state index contributed by atoms with van der Waals surface area (Å²) in [7, 11) is 0. The zero-order valence-electron chi connectivity index (χ0n) is 9.53. The zero-order valence-corrected chi connectivity index (χ0v) is 9.53. The van der Waals surface area contributed by atoms with E-state index < -0.39 is 0 Å². The van der Waals surface area contributed by atoms with Crippen molar-refractivity contribution in [2.75, 3.05) is 26.2 Å². The third-order valence-corrected chi connectivity index (χ3v) is 1.94. The summed E-state index contributed by atoms with van der Waals surface area (Å²) in [5.41, 5.74) is 0. The molecule has 0 aliphatic heterocycles. The van der Waals surface area contributed by atoms with Crippen LogP contribution in [0.5, 0.6) is 0 Å². The molecule has 0 atom stereocenters. The smallest absolute Gasteiger partial charge is 0.00258 e. The molecule has 13 heavy (non-hydrogen) atoms. The van der Waals surface area contributed by atoms with Crippen molar-refractivity contribution in [3.05, 3.63) is 0 Å². The van der Waals surface area contributed by atoms with E-state index in [4.69, 9.17) is 0 Å². The van der Waals surface area contributed by atoms with Gasteiger partial charge >= 0.3 is 0 Å². The Morgan fingerprint density at radius 1 is 0.923 bits per heavy atom. The molecule has 0 bridgehead atoms. The van der Waals surface area contributed by atoms with Gasteiger partial charge in [-0.25, -0.2) is 0 Å². The van der Waals surface area contributed by atoms with E-state index in [0.29, 0.717) is 0 Å². The van der Waals surface area contributed by atoms with Crippen LogP contribution in [0.1, 0.15) is 40.0 Å². The summed E-state index contributed by atoms with van der Waals surface area (Å²) >= 11 is 0. The maximum Gasteiger partial charge on any atom is -0.00258 e. The lowest BCUT2D eigenvalue weighted by Crippen LogP contribution is -2.22. The lowest BCUT2D eigenvalue weighted by Gasteiger charge is -2.07. The first kappa shape index (κ1) is 12.9. The second-order valence-electron chi connectivity index (χ2n) is 4.06. The molecule has 0 aliphatic rings. The molecule has 2 N–H and O–H groups in total. The number of rotatable bonds is 9. The molecule has 0 spiro atoms. The van der Waals surface area contributed by atoms with Crippen molar-refractivity contribution in [1.29, 1.82) is 0 Å². The molecule has 0 saturated carbocycles. The maximum absolute atomic E-state index is 3.45. The molecule has 0 radical (unpaired) electrons. The van der Waals surface area contributed by atoms with Gasteiger partial charge < -0.3 is 10.6 Å². The Bertz CT molecular complexity index is 92.1. The average molecular weight is 186 g/mol. The van der Waals surface area contributed by atoms with Gasteiger partial charge in [0.05, 0.1) is 0 Å². The molecule has 0 amide bonds. The molecule has 0 aromatic rings. The molecule has 0 saturated heterocycles. The van der Waals surface area contributed by atoms with Gasteiger partial charge in [-0.1, -0.05) is 20.8 Å². The number of nitrogens with one attached hydrogen (secondary N) is 2. The first-order valence-corrected chi connectivity index (χ1v) is 5.68. The van der Waals surface area contributed by atoms with Gasteiger partial charge in [-0.3, -0.25) is 0 Å². The highest BCUT2D eigenvalue weighted by molar-refractivity contribution is 4.53. The van der Waals surface area contributed by atoms with Crippen LogP contribution in [0.4, 0.5) is 0 Å². The van der Waals surface area contributed by atoms with E-state index in [0.717, 1.165) is 12.5 Å². The van der Waals surface area contributed by atoms with Crippen molar-refractivity contribution >= 4 is 0 Å². The van der Waals surface area contributed by atoms with Crippen LogP contribution in [0.15, 0.2) is 0 Å². The highest BCUT2D eigenvalue weighted by Crippen LogP contribution is 1.89. The molecule has 2 heteroatoms. The van der Waals surface area contributed by atoms with E-state index in [1.807, 2.05) is 0 Å². The second-order valence-corrected chi connectivity index (χ2v) is 4.06. The Kier molecular flexibility index (Phi) is 9.94. The van der Waals surface area contributed by atoms with E-state index in [1.54, 1.807) is 0 Å². The molecule has 0 fully saturated rings. The standard InChI is InChI=1S/C11H26N2/c1-4-7-12-8-5-6-9-13-10-11(2)3/h11-13H,4-10H2,1-3H3. The molecule has 0 aliphatic carbocycles. The van der Waals surface area contributed by atoms with Crippen LogP contribution in [-0.4, -0.2) is 26.2 Å².